The average molecular weight is 465 g/mol. The number of aliphatic carboxylic acids is 1. The number of methoxy groups -OCH3 is 1. The van der Waals surface area contributed by atoms with Gasteiger partial charge in [-0.25, -0.2) is 9.37 Å². The molecule has 3 rings (SSSR count). The molecule has 1 fully saturated rings. The van der Waals surface area contributed by atoms with Gasteiger partial charge in [-0.1, -0.05) is 11.6 Å². The van der Waals surface area contributed by atoms with Crippen molar-refractivity contribution in [2.45, 2.75) is 38.7 Å². The minimum atomic E-state index is -0.749. The minimum Gasteiger partial charge on any atom is -0.496 e. The van der Waals surface area contributed by atoms with Crippen molar-refractivity contribution >= 4 is 23.5 Å². The van der Waals surface area contributed by atoms with Gasteiger partial charge in [-0.2, -0.15) is 0 Å². The van der Waals surface area contributed by atoms with Crippen LogP contribution >= 0.6 is 11.6 Å². The quantitative estimate of drug-likeness (QED) is 0.590. The molecule has 0 aliphatic heterocycles. The zero-order valence-corrected chi connectivity index (χ0v) is 18.7. The molecule has 2 N–H and O–H groups in total. The van der Waals surface area contributed by atoms with Crippen molar-refractivity contribution in [2.75, 3.05) is 13.7 Å². The lowest BCUT2D eigenvalue weighted by atomic mass is 9.82. The van der Waals surface area contributed by atoms with E-state index in [0.29, 0.717) is 30.7 Å². The van der Waals surface area contributed by atoms with Gasteiger partial charge in [0.1, 0.15) is 22.7 Å². The van der Waals surface area contributed by atoms with E-state index in [0.717, 1.165) is 12.8 Å². The Kier molecular flexibility index (Phi) is 7.90. The number of hydrogen-bond acceptors (Lipinski definition) is 5. The number of carbonyl (C=O) groups is 2. The lowest BCUT2D eigenvalue weighted by Gasteiger charge is -2.26. The number of amides is 1. The Morgan fingerprint density at radius 3 is 2.62 bits per heavy atom. The lowest BCUT2D eigenvalue weighted by molar-refractivity contribution is -0.143. The van der Waals surface area contributed by atoms with Crippen LogP contribution < -0.4 is 14.8 Å². The number of carbonyl (C=O) groups excluding carboxylic acids is 1. The predicted molar refractivity (Wildman–Crippen MR) is 117 cm³/mol. The molecule has 0 radical (unpaired) electrons. The highest BCUT2D eigenvalue weighted by Crippen LogP contribution is 2.32. The van der Waals surface area contributed by atoms with Crippen LogP contribution in [0.25, 0.3) is 0 Å². The summed E-state index contributed by atoms with van der Waals surface area (Å²) in [7, 11) is 1.49. The van der Waals surface area contributed by atoms with Crippen LogP contribution in [-0.2, 0) is 4.79 Å². The van der Waals surface area contributed by atoms with E-state index in [9.17, 15) is 14.0 Å². The molecular formula is C23H26ClFN2O5. The second-order valence-corrected chi connectivity index (χ2v) is 8.33. The fraction of sp³-hybridized carbons (Fsp3) is 0.435. The van der Waals surface area contributed by atoms with Crippen LogP contribution in [0.5, 0.6) is 11.6 Å². The first-order valence-corrected chi connectivity index (χ1v) is 10.8. The maximum Gasteiger partial charge on any atom is 0.306 e. The van der Waals surface area contributed by atoms with E-state index in [-0.39, 0.29) is 34.2 Å². The molecule has 172 valence electrons. The molecule has 9 heteroatoms. The SMILES string of the molecule is COc1ccc(F)cc1C(C)Oc1ncc(C(=O)NC[C@H]2CC[C@H](C(=O)O)CC2)cc1Cl. The van der Waals surface area contributed by atoms with Crippen molar-refractivity contribution in [1.29, 1.82) is 0 Å². The van der Waals surface area contributed by atoms with Gasteiger partial charge < -0.3 is 19.9 Å². The van der Waals surface area contributed by atoms with Crippen LogP contribution in [0, 0.1) is 17.7 Å². The van der Waals surface area contributed by atoms with Crippen molar-refractivity contribution in [3.05, 3.63) is 52.4 Å². The van der Waals surface area contributed by atoms with E-state index in [1.165, 1.54) is 37.6 Å². The first-order valence-electron chi connectivity index (χ1n) is 10.4. The monoisotopic (exact) mass is 464 g/mol. The van der Waals surface area contributed by atoms with E-state index in [2.05, 4.69) is 10.3 Å². The number of pyridine rings is 1. The van der Waals surface area contributed by atoms with Crippen LogP contribution in [0.15, 0.2) is 30.5 Å². The van der Waals surface area contributed by atoms with Gasteiger partial charge in [0, 0.05) is 18.3 Å². The van der Waals surface area contributed by atoms with E-state index >= 15 is 0 Å². The Bertz CT molecular complexity index is 979. The third kappa shape index (κ3) is 5.88. The molecule has 0 saturated heterocycles. The minimum absolute atomic E-state index is 0.119. The fourth-order valence-electron chi connectivity index (χ4n) is 3.84. The maximum absolute atomic E-state index is 13.6. The number of aromatic nitrogens is 1. The Balaban J connectivity index is 1.58. The number of nitrogens with one attached hydrogen (secondary N) is 1. The van der Waals surface area contributed by atoms with Gasteiger partial charge in [0.15, 0.2) is 0 Å². The Morgan fingerprint density at radius 2 is 2.00 bits per heavy atom. The summed E-state index contributed by atoms with van der Waals surface area (Å²) in [5, 5.41) is 12.1. The molecule has 7 nitrogen and oxygen atoms in total. The molecule has 1 unspecified atom stereocenters. The molecule has 1 heterocycles. The topological polar surface area (TPSA) is 97.8 Å². The summed E-state index contributed by atoms with van der Waals surface area (Å²) >= 11 is 6.28. The van der Waals surface area contributed by atoms with Crippen LogP contribution in [0.4, 0.5) is 4.39 Å². The number of benzene rings is 1. The number of carboxylic acids is 1. The van der Waals surface area contributed by atoms with Gasteiger partial charge in [-0.05, 0) is 62.8 Å². The summed E-state index contributed by atoms with van der Waals surface area (Å²) in [6.07, 6.45) is 3.57. The second kappa shape index (κ2) is 10.6. The lowest BCUT2D eigenvalue weighted by Crippen LogP contribution is -2.32. The van der Waals surface area contributed by atoms with E-state index in [4.69, 9.17) is 26.2 Å². The first kappa shape index (κ1) is 23.8. The van der Waals surface area contributed by atoms with Crippen LogP contribution in [-0.4, -0.2) is 35.6 Å². The number of rotatable bonds is 8. The second-order valence-electron chi connectivity index (χ2n) is 7.92. The standard InChI is InChI=1S/C23H26ClFN2O5/c1-13(18-10-17(25)7-8-20(18)31-2)32-22-19(24)9-16(12-27-22)21(28)26-11-14-3-5-15(6-4-14)23(29)30/h7-10,12-15H,3-6,11H2,1-2H3,(H,26,28)(H,29,30)/t13?,14-,15-. The summed E-state index contributed by atoms with van der Waals surface area (Å²) < 4.78 is 24.7. The van der Waals surface area contributed by atoms with Crippen molar-refractivity contribution in [3.8, 4) is 11.6 Å². The molecule has 32 heavy (non-hydrogen) atoms. The van der Waals surface area contributed by atoms with Crippen molar-refractivity contribution < 1.29 is 28.6 Å². The normalized spacial score (nSPS) is 19.1. The van der Waals surface area contributed by atoms with Crippen LogP contribution in [0.2, 0.25) is 5.02 Å². The van der Waals surface area contributed by atoms with Crippen molar-refractivity contribution in [3.63, 3.8) is 0 Å². The van der Waals surface area contributed by atoms with E-state index < -0.39 is 17.9 Å². The summed E-state index contributed by atoms with van der Waals surface area (Å²) in [5.41, 5.74) is 0.794. The van der Waals surface area contributed by atoms with Crippen LogP contribution in [0.3, 0.4) is 0 Å². The highest BCUT2D eigenvalue weighted by Gasteiger charge is 2.26. The van der Waals surface area contributed by atoms with Crippen molar-refractivity contribution in [1.82, 2.24) is 10.3 Å². The molecule has 1 aromatic heterocycles. The summed E-state index contributed by atoms with van der Waals surface area (Å²) in [6.45, 7) is 2.19. The van der Waals surface area contributed by atoms with Gasteiger partial charge in [-0.15, -0.1) is 0 Å². The number of nitrogens with zero attached hydrogens (tertiary/aromatic N) is 1. The number of ether oxygens (including phenoxy) is 2. The molecule has 0 spiro atoms. The molecule has 1 aliphatic carbocycles. The number of halogens is 2. The molecule has 1 atom stereocenters. The predicted octanol–water partition coefficient (Wildman–Crippen LogP) is 4.64. The zero-order chi connectivity index (χ0) is 23.3. The van der Waals surface area contributed by atoms with E-state index in [1.54, 1.807) is 6.92 Å². The summed E-state index contributed by atoms with van der Waals surface area (Å²) in [4.78, 5) is 27.7. The van der Waals surface area contributed by atoms with Gasteiger partial charge in [0.05, 0.1) is 18.6 Å². The molecule has 1 aromatic carbocycles. The third-order valence-electron chi connectivity index (χ3n) is 5.74. The van der Waals surface area contributed by atoms with Crippen molar-refractivity contribution in [2.24, 2.45) is 11.8 Å². The Hall–Kier alpha value is -2.87. The highest BCUT2D eigenvalue weighted by atomic mass is 35.5. The van der Waals surface area contributed by atoms with Gasteiger partial charge in [0.2, 0.25) is 5.88 Å². The Labute approximate surface area is 190 Å². The smallest absolute Gasteiger partial charge is 0.306 e. The maximum atomic E-state index is 13.6. The molecule has 2 aromatic rings. The molecule has 0 bridgehead atoms. The number of carboxylic acid groups (broad SMARTS) is 1. The highest BCUT2D eigenvalue weighted by molar-refractivity contribution is 6.32. The fourth-order valence-corrected chi connectivity index (χ4v) is 4.05. The molecule has 1 aliphatic rings. The first-order chi connectivity index (χ1) is 15.3. The summed E-state index contributed by atoms with van der Waals surface area (Å²) in [5.74, 6) is -0.919. The largest absolute Gasteiger partial charge is 0.496 e. The number of hydrogen-bond donors (Lipinski definition) is 2. The van der Waals surface area contributed by atoms with Gasteiger partial charge in [-0.3, -0.25) is 9.59 Å². The molecule has 1 saturated carbocycles. The summed E-state index contributed by atoms with van der Waals surface area (Å²) in [6, 6.07) is 5.60. The average Bonchev–Trinajstić information content (AvgIpc) is 2.78. The zero-order valence-electron chi connectivity index (χ0n) is 17.9. The molecule has 1 amide bonds. The van der Waals surface area contributed by atoms with Crippen LogP contribution in [0.1, 0.15) is 54.6 Å². The van der Waals surface area contributed by atoms with E-state index in [1.807, 2.05) is 0 Å². The molecular weight excluding hydrogens is 439 g/mol. The van der Waals surface area contributed by atoms with Gasteiger partial charge >= 0.3 is 5.97 Å². The third-order valence-corrected chi connectivity index (χ3v) is 6.01. The Morgan fingerprint density at radius 1 is 1.28 bits per heavy atom. The van der Waals surface area contributed by atoms with Gasteiger partial charge in [0.25, 0.3) is 5.91 Å².